The van der Waals surface area contributed by atoms with Crippen molar-refractivity contribution in [2.24, 2.45) is 0 Å². The van der Waals surface area contributed by atoms with Crippen molar-refractivity contribution in [3.8, 4) is 17.5 Å². The molecule has 0 bridgehead atoms. The summed E-state index contributed by atoms with van der Waals surface area (Å²) in [6.45, 7) is 5.82. The molecule has 0 N–H and O–H groups in total. The number of rotatable bonds is 2. The minimum atomic E-state index is 0.375. The normalized spacial score (nSPS) is 16.3. The topological polar surface area (TPSA) is 56.3 Å². The summed E-state index contributed by atoms with van der Waals surface area (Å²) >= 11 is 0. The van der Waals surface area contributed by atoms with Crippen LogP contribution in [-0.2, 0) is 0 Å². The lowest BCUT2D eigenvalue weighted by molar-refractivity contribution is 0.359. The number of anilines is 1. The number of likely N-dealkylation sites (N-methyl/N-ethyl adjacent to an activating group) is 1. The second-order valence-corrected chi connectivity index (χ2v) is 5.79. The number of benzene rings is 1. The molecular weight excluding hydrogens is 276 g/mol. The number of oxazole rings is 1. The number of aromatic nitrogens is 1. The summed E-state index contributed by atoms with van der Waals surface area (Å²) in [6.07, 6.45) is 1.06. The summed E-state index contributed by atoms with van der Waals surface area (Å²) in [5.41, 5.74) is 2.46. The van der Waals surface area contributed by atoms with E-state index in [9.17, 15) is 5.26 Å². The van der Waals surface area contributed by atoms with Crippen molar-refractivity contribution in [2.45, 2.75) is 13.3 Å². The molecule has 0 unspecified atom stereocenters. The van der Waals surface area contributed by atoms with Crippen molar-refractivity contribution in [3.05, 3.63) is 35.5 Å². The Morgan fingerprint density at radius 3 is 2.64 bits per heavy atom. The molecule has 0 amide bonds. The van der Waals surface area contributed by atoms with Gasteiger partial charge in [0, 0.05) is 25.2 Å². The predicted octanol–water partition coefficient (Wildman–Crippen LogP) is 2.66. The zero-order chi connectivity index (χ0) is 15.5. The van der Waals surface area contributed by atoms with Crippen LogP contribution in [0.5, 0.6) is 0 Å². The average Bonchev–Trinajstić information content (AvgIpc) is 2.84. The van der Waals surface area contributed by atoms with Crippen molar-refractivity contribution in [2.75, 3.05) is 38.1 Å². The van der Waals surface area contributed by atoms with E-state index in [-0.39, 0.29) is 0 Å². The third-order valence-electron chi connectivity index (χ3n) is 4.02. The lowest BCUT2D eigenvalue weighted by Gasteiger charge is -2.19. The molecular formula is C17H20N4O. The second-order valence-electron chi connectivity index (χ2n) is 5.79. The third kappa shape index (κ3) is 2.97. The van der Waals surface area contributed by atoms with E-state index in [0.29, 0.717) is 17.5 Å². The van der Waals surface area contributed by atoms with Crippen LogP contribution in [0.2, 0.25) is 0 Å². The van der Waals surface area contributed by atoms with Crippen molar-refractivity contribution in [3.63, 3.8) is 0 Å². The van der Waals surface area contributed by atoms with E-state index in [2.05, 4.69) is 27.9 Å². The van der Waals surface area contributed by atoms with Crippen LogP contribution in [0.3, 0.4) is 0 Å². The van der Waals surface area contributed by atoms with E-state index in [1.165, 1.54) is 5.56 Å². The fourth-order valence-electron chi connectivity index (χ4n) is 2.67. The van der Waals surface area contributed by atoms with Gasteiger partial charge in [0.1, 0.15) is 6.07 Å². The van der Waals surface area contributed by atoms with Gasteiger partial charge in [0.15, 0.2) is 0 Å². The highest BCUT2D eigenvalue weighted by Gasteiger charge is 2.22. The summed E-state index contributed by atoms with van der Waals surface area (Å²) in [6, 6.07) is 10.2. The first-order valence-electron chi connectivity index (χ1n) is 7.59. The number of nitriles is 1. The standard InChI is InChI=1S/C17H20N4O/c1-13-4-6-14(7-5-13)16-19-15(12-18)17(22-16)21-9-3-8-20(2)10-11-21/h4-7H,3,8-11H2,1-2H3. The van der Waals surface area contributed by atoms with Gasteiger partial charge in [0.25, 0.3) is 0 Å². The molecule has 1 aliphatic heterocycles. The fraction of sp³-hybridized carbons (Fsp3) is 0.412. The number of aryl methyl sites for hydroxylation is 1. The van der Waals surface area contributed by atoms with E-state index < -0.39 is 0 Å². The maximum Gasteiger partial charge on any atom is 0.235 e. The van der Waals surface area contributed by atoms with Crippen molar-refractivity contribution in [1.82, 2.24) is 9.88 Å². The molecule has 0 atom stereocenters. The van der Waals surface area contributed by atoms with Gasteiger partial charge < -0.3 is 14.2 Å². The van der Waals surface area contributed by atoms with E-state index in [1.54, 1.807) is 0 Å². The largest absolute Gasteiger partial charge is 0.419 e. The molecule has 0 radical (unpaired) electrons. The smallest absolute Gasteiger partial charge is 0.235 e. The Morgan fingerprint density at radius 1 is 1.14 bits per heavy atom. The molecule has 5 heteroatoms. The molecule has 1 saturated heterocycles. The summed E-state index contributed by atoms with van der Waals surface area (Å²) in [4.78, 5) is 8.80. The molecule has 1 aliphatic rings. The monoisotopic (exact) mass is 296 g/mol. The fourth-order valence-corrected chi connectivity index (χ4v) is 2.67. The number of nitrogens with zero attached hydrogens (tertiary/aromatic N) is 4. The SMILES string of the molecule is Cc1ccc(-c2nc(C#N)c(N3CCCN(C)CC3)o2)cc1. The van der Waals surface area contributed by atoms with E-state index in [0.717, 1.165) is 38.2 Å². The third-order valence-corrected chi connectivity index (χ3v) is 4.02. The van der Waals surface area contributed by atoms with Gasteiger partial charge in [-0.2, -0.15) is 10.2 Å². The van der Waals surface area contributed by atoms with E-state index in [4.69, 9.17) is 4.42 Å². The summed E-state index contributed by atoms with van der Waals surface area (Å²) < 4.78 is 5.94. The zero-order valence-corrected chi connectivity index (χ0v) is 13.0. The van der Waals surface area contributed by atoms with Crippen LogP contribution in [0.1, 0.15) is 17.7 Å². The Bertz CT molecular complexity index is 684. The zero-order valence-electron chi connectivity index (χ0n) is 13.0. The molecule has 22 heavy (non-hydrogen) atoms. The summed E-state index contributed by atoms with van der Waals surface area (Å²) in [7, 11) is 2.12. The molecule has 1 aromatic carbocycles. The summed E-state index contributed by atoms with van der Waals surface area (Å²) in [5.74, 6) is 1.12. The first kappa shape index (κ1) is 14.6. The molecule has 0 spiro atoms. The lowest BCUT2D eigenvalue weighted by Crippen LogP contribution is -2.28. The Hall–Kier alpha value is -2.32. The van der Waals surface area contributed by atoms with Crippen LogP contribution in [-0.4, -0.2) is 43.1 Å². The highest BCUT2D eigenvalue weighted by Crippen LogP contribution is 2.28. The molecule has 5 nitrogen and oxygen atoms in total. The summed E-state index contributed by atoms with van der Waals surface area (Å²) in [5, 5.41) is 9.37. The molecule has 2 aromatic rings. The van der Waals surface area contributed by atoms with Gasteiger partial charge in [-0.3, -0.25) is 0 Å². The minimum absolute atomic E-state index is 0.375. The van der Waals surface area contributed by atoms with Crippen LogP contribution in [0.15, 0.2) is 28.7 Å². The lowest BCUT2D eigenvalue weighted by atomic mass is 10.1. The first-order chi connectivity index (χ1) is 10.7. The van der Waals surface area contributed by atoms with E-state index >= 15 is 0 Å². The van der Waals surface area contributed by atoms with Gasteiger partial charge in [-0.1, -0.05) is 17.7 Å². The molecule has 1 fully saturated rings. The molecule has 0 saturated carbocycles. The van der Waals surface area contributed by atoms with Gasteiger partial charge >= 0.3 is 0 Å². The van der Waals surface area contributed by atoms with Crippen LogP contribution in [0.4, 0.5) is 5.88 Å². The van der Waals surface area contributed by atoms with Gasteiger partial charge in [-0.05, 0) is 39.1 Å². The van der Waals surface area contributed by atoms with Crippen LogP contribution in [0.25, 0.3) is 11.5 Å². The highest BCUT2D eigenvalue weighted by molar-refractivity contribution is 5.59. The second kappa shape index (κ2) is 6.20. The van der Waals surface area contributed by atoms with Gasteiger partial charge in [-0.15, -0.1) is 0 Å². The van der Waals surface area contributed by atoms with Gasteiger partial charge in [0.2, 0.25) is 17.5 Å². The maximum absolute atomic E-state index is 9.37. The van der Waals surface area contributed by atoms with E-state index in [1.807, 2.05) is 31.2 Å². The molecule has 114 valence electrons. The number of hydrogen-bond donors (Lipinski definition) is 0. The number of hydrogen-bond acceptors (Lipinski definition) is 5. The van der Waals surface area contributed by atoms with Crippen molar-refractivity contribution >= 4 is 5.88 Å². The van der Waals surface area contributed by atoms with Crippen molar-refractivity contribution in [1.29, 1.82) is 5.26 Å². The Labute approximate surface area is 130 Å². The first-order valence-corrected chi connectivity index (χ1v) is 7.59. The average molecular weight is 296 g/mol. The van der Waals surface area contributed by atoms with Gasteiger partial charge in [0.05, 0.1) is 0 Å². The molecule has 2 heterocycles. The molecule has 1 aromatic heterocycles. The Kier molecular flexibility index (Phi) is 4.12. The molecule has 0 aliphatic carbocycles. The maximum atomic E-state index is 9.37. The highest BCUT2D eigenvalue weighted by atomic mass is 16.4. The Morgan fingerprint density at radius 2 is 1.91 bits per heavy atom. The Balaban J connectivity index is 1.91. The predicted molar refractivity (Wildman–Crippen MR) is 85.7 cm³/mol. The van der Waals surface area contributed by atoms with Gasteiger partial charge in [-0.25, -0.2) is 0 Å². The quantitative estimate of drug-likeness (QED) is 0.852. The van der Waals surface area contributed by atoms with Crippen LogP contribution >= 0.6 is 0 Å². The minimum Gasteiger partial charge on any atom is -0.419 e. The van der Waals surface area contributed by atoms with Crippen molar-refractivity contribution < 1.29 is 4.42 Å². The molecule has 3 rings (SSSR count). The van der Waals surface area contributed by atoms with Crippen LogP contribution in [0, 0.1) is 18.3 Å². The van der Waals surface area contributed by atoms with Crippen LogP contribution < -0.4 is 4.90 Å².